The van der Waals surface area contributed by atoms with Gasteiger partial charge in [-0.2, -0.15) is 0 Å². The molecule has 1 rings (SSSR count). The standard InChI is InChI=1S/C17H23NO7/c1-2-3-4-11(9-15(21)22)16(23)18-12(17(24)25)7-10-5-6-13(19)14(20)8-10/h5-6,8,11-12,19-20H,2-4,7,9H2,1H3,(H,18,23)(H,21,22)(H,24,25). The van der Waals surface area contributed by atoms with Crippen LogP contribution in [-0.4, -0.2) is 44.3 Å². The summed E-state index contributed by atoms with van der Waals surface area (Å²) in [4.78, 5) is 34.6. The van der Waals surface area contributed by atoms with Crippen LogP contribution < -0.4 is 5.32 Å². The summed E-state index contributed by atoms with van der Waals surface area (Å²) in [6.45, 7) is 1.91. The van der Waals surface area contributed by atoms with Gasteiger partial charge in [0.1, 0.15) is 6.04 Å². The van der Waals surface area contributed by atoms with E-state index in [9.17, 15) is 29.7 Å². The maximum Gasteiger partial charge on any atom is 0.326 e. The Hall–Kier alpha value is -2.77. The van der Waals surface area contributed by atoms with E-state index in [2.05, 4.69) is 5.32 Å². The van der Waals surface area contributed by atoms with Gasteiger partial charge in [-0.3, -0.25) is 9.59 Å². The monoisotopic (exact) mass is 353 g/mol. The zero-order valence-corrected chi connectivity index (χ0v) is 13.9. The van der Waals surface area contributed by atoms with E-state index < -0.39 is 29.8 Å². The molecule has 0 saturated carbocycles. The van der Waals surface area contributed by atoms with Gasteiger partial charge in [0.2, 0.25) is 5.91 Å². The Morgan fingerprint density at radius 1 is 1.12 bits per heavy atom. The molecule has 0 aliphatic heterocycles. The summed E-state index contributed by atoms with van der Waals surface area (Å²) in [7, 11) is 0. The maximum absolute atomic E-state index is 12.3. The smallest absolute Gasteiger partial charge is 0.326 e. The molecule has 25 heavy (non-hydrogen) atoms. The molecule has 0 bridgehead atoms. The van der Waals surface area contributed by atoms with Gasteiger partial charge < -0.3 is 25.7 Å². The first-order valence-corrected chi connectivity index (χ1v) is 8.00. The van der Waals surface area contributed by atoms with Crippen molar-refractivity contribution in [2.24, 2.45) is 5.92 Å². The second-order valence-electron chi connectivity index (χ2n) is 5.86. The maximum atomic E-state index is 12.3. The minimum atomic E-state index is -1.27. The molecule has 0 fully saturated rings. The van der Waals surface area contributed by atoms with Gasteiger partial charge in [-0.1, -0.05) is 25.8 Å². The third-order valence-corrected chi connectivity index (χ3v) is 3.79. The molecule has 8 heteroatoms. The summed E-state index contributed by atoms with van der Waals surface area (Å²) in [5.41, 5.74) is 0.409. The number of carbonyl (C=O) groups excluding carboxylic acids is 1. The molecule has 5 N–H and O–H groups in total. The zero-order chi connectivity index (χ0) is 19.0. The van der Waals surface area contributed by atoms with Gasteiger partial charge >= 0.3 is 11.9 Å². The Balaban J connectivity index is 2.83. The molecule has 0 aliphatic carbocycles. The lowest BCUT2D eigenvalue weighted by atomic mass is 9.96. The fourth-order valence-corrected chi connectivity index (χ4v) is 2.41. The van der Waals surface area contributed by atoms with Crippen LogP contribution in [0.5, 0.6) is 11.5 Å². The number of aliphatic carboxylic acids is 2. The average Bonchev–Trinajstić information content (AvgIpc) is 2.53. The number of unbranched alkanes of at least 4 members (excludes halogenated alkanes) is 1. The van der Waals surface area contributed by atoms with Gasteiger partial charge in [0, 0.05) is 12.3 Å². The second-order valence-corrected chi connectivity index (χ2v) is 5.86. The fourth-order valence-electron chi connectivity index (χ4n) is 2.41. The van der Waals surface area contributed by atoms with Crippen molar-refractivity contribution in [1.29, 1.82) is 0 Å². The van der Waals surface area contributed by atoms with Crippen molar-refractivity contribution >= 4 is 17.8 Å². The number of carboxylic acid groups (broad SMARTS) is 2. The molecule has 0 aromatic heterocycles. The van der Waals surface area contributed by atoms with Crippen LogP contribution >= 0.6 is 0 Å². The van der Waals surface area contributed by atoms with Crippen molar-refractivity contribution in [2.45, 2.75) is 45.1 Å². The third kappa shape index (κ3) is 6.70. The van der Waals surface area contributed by atoms with E-state index in [-0.39, 0.29) is 24.3 Å². The van der Waals surface area contributed by atoms with Gasteiger partial charge in [0.25, 0.3) is 0 Å². The minimum Gasteiger partial charge on any atom is -0.504 e. The Morgan fingerprint density at radius 2 is 1.80 bits per heavy atom. The number of phenolic OH excluding ortho intramolecular Hbond substituents is 2. The van der Waals surface area contributed by atoms with Crippen molar-refractivity contribution in [3.63, 3.8) is 0 Å². The average molecular weight is 353 g/mol. The first kappa shape index (κ1) is 20.3. The number of amides is 1. The molecule has 0 spiro atoms. The van der Waals surface area contributed by atoms with Gasteiger partial charge in [-0.05, 0) is 24.1 Å². The lowest BCUT2D eigenvalue weighted by molar-refractivity contribution is -0.144. The molecular weight excluding hydrogens is 330 g/mol. The van der Waals surface area contributed by atoms with E-state index in [1.54, 1.807) is 0 Å². The molecule has 2 unspecified atom stereocenters. The van der Waals surface area contributed by atoms with Crippen LogP contribution in [0.4, 0.5) is 0 Å². The Morgan fingerprint density at radius 3 is 2.32 bits per heavy atom. The van der Waals surface area contributed by atoms with E-state index in [0.29, 0.717) is 18.4 Å². The summed E-state index contributed by atoms with van der Waals surface area (Å²) in [6, 6.07) is 2.60. The van der Waals surface area contributed by atoms with Crippen molar-refractivity contribution in [3.05, 3.63) is 23.8 Å². The summed E-state index contributed by atoms with van der Waals surface area (Å²) in [5, 5.41) is 39.3. The highest BCUT2D eigenvalue weighted by molar-refractivity contribution is 5.87. The lowest BCUT2D eigenvalue weighted by Crippen LogP contribution is -2.45. The normalized spacial score (nSPS) is 13.0. The number of phenols is 2. The molecule has 0 radical (unpaired) electrons. The molecule has 0 heterocycles. The van der Waals surface area contributed by atoms with Crippen molar-refractivity contribution in [3.8, 4) is 11.5 Å². The van der Waals surface area contributed by atoms with Crippen molar-refractivity contribution in [2.75, 3.05) is 0 Å². The third-order valence-electron chi connectivity index (χ3n) is 3.79. The van der Waals surface area contributed by atoms with E-state index in [1.165, 1.54) is 18.2 Å². The summed E-state index contributed by atoms with van der Waals surface area (Å²) < 4.78 is 0. The van der Waals surface area contributed by atoms with Crippen LogP contribution in [0.25, 0.3) is 0 Å². The molecule has 8 nitrogen and oxygen atoms in total. The molecule has 138 valence electrons. The number of hydrogen-bond donors (Lipinski definition) is 5. The van der Waals surface area contributed by atoms with Gasteiger partial charge in [-0.25, -0.2) is 4.79 Å². The molecule has 0 saturated heterocycles. The quantitative estimate of drug-likeness (QED) is 0.401. The lowest BCUT2D eigenvalue weighted by Gasteiger charge is -2.19. The molecular formula is C17H23NO7. The highest BCUT2D eigenvalue weighted by atomic mass is 16.4. The number of carboxylic acids is 2. The van der Waals surface area contributed by atoms with E-state index >= 15 is 0 Å². The summed E-state index contributed by atoms with van der Waals surface area (Å²) in [5.74, 6) is -4.53. The number of aromatic hydroxyl groups is 2. The molecule has 1 aromatic rings. The second kappa shape index (κ2) is 9.51. The Kier molecular flexibility index (Phi) is 7.71. The number of carbonyl (C=O) groups is 3. The number of benzene rings is 1. The number of hydrogen-bond acceptors (Lipinski definition) is 5. The van der Waals surface area contributed by atoms with Gasteiger partial charge in [-0.15, -0.1) is 0 Å². The Bertz CT molecular complexity index is 629. The highest BCUT2D eigenvalue weighted by Crippen LogP contribution is 2.25. The fraction of sp³-hybridized carbons (Fsp3) is 0.471. The van der Waals surface area contributed by atoms with Crippen LogP contribution in [0, 0.1) is 5.92 Å². The van der Waals surface area contributed by atoms with Gasteiger partial charge in [0.05, 0.1) is 6.42 Å². The molecule has 2 atom stereocenters. The van der Waals surface area contributed by atoms with E-state index in [1.807, 2.05) is 6.92 Å². The molecule has 0 aliphatic rings. The zero-order valence-electron chi connectivity index (χ0n) is 13.9. The largest absolute Gasteiger partial charge is 0.504 e. The SMILES string of the molecule is CCCCC(CC(=O)O)C(=O)NC(Cc1ccc(O)c(O)c1)C(=O)O. The van der Waals surface area contributed by atoms with Crippen LogP contribution in [0.1, 0.15) is 38.2 Å². The highest BCUT2D eigenvalue weighted by Gasteiger charge is 2.27. The summed E-state index contributed by atoms with van der Waals surface area (Å²) in [6.07, 6.45) is 1.34. The van der Waals surface area contributed by atoms with E-state index in [0.717, 1.165) is 6.42 Å². The number of nitrogens with one attached hydrogen (secondary N) is 1. The predicted molar refractivity (Wildman–Crippen MR) is 88.3 cm³/mol. The minimum absolute atomic E-state index is 0.109. The summed E-state index contributed by atoms with van der Waals surface area (Å²) >= 11 is 0. The van der Waals surface area contributed by atoms with E-state index in [4.69, 9.17) is 5.11 Å². The van der Waals surface area contributed by atoms with Crippen LogP contribution in [0.2, 0.25) is 0 Å². The van der Waals surface area contributed by atoms with Crippen molar-refractivity contribution in [1.82, 2.24) is 5.32 Å². The van der Waals surface area contributed by atoms with Gasteiger partial charge in [0.15, 0.2) is 11.5 Å². The van der Waals surface area contributed by atoms with Crippen LogP contribution in [-0.2, 0) is 20.8 Å². The van der Waals surface area contributed by atoms with Crippen LogP contribution in [0.3, 0.4) is 0 Å². The first-order valence-electron chi connectivity index (χ1n) is 8.00. The Labute approximate surface area is 145 Å². The molecule has 1 aromatic carbocycles. The van der Waals surface area contributed by atoms with Crippen molar-refractivity contribution < 1.29 is 34.8 Å². The number of rotatable bonds is 10. The van der Waals surface area contributed by atoms with Crippen LogP contribution in [0.15, 0.2) is 18.2 Å². The molecule has 1 amide bonds. The predicted octanol–water partition coefficient (Wildman–Crippen LogP) is 1.49. The first-order chi connectivity index (χ1) is 11.7. The topological polar surface area (TPSA) is 144 Å².